The summed E-state index contributed by atoms with van der Waals surface area (Å²) < 4.78 is 0. The average Bonchev–Trinajstić information content (AvgIpc) is 3.01. The Hall–Kier alpha value is -0.470. The number of aliphatic hydroxyl groups is 1. The van der Waals surface area contributed by atoms with E-state index in [0.717, 1.165) is 18.4 Å². The molecule has 1 aromatic rings. The lowest BCUT2D eigenvalue weighted by Gasteiger charge is -2.25. The molecule has 0 heterocycles. The molecule has 0 spiro atoms. The summed E-state index contributed by atoms with van der Waals surface area (Å²) >= 11 is 1.71. The van der Waals surface area contributed by atoms with Crippen molar-refractivity contribution in [2.45, 2.75) is 30.3 Å². The van der Waals surface area contributed by atoms with Gasteiger partial charge in [0.1, 0.15) is 0 Å². The Kier molecular flexibility index (Phi) is 2.58. The Labute approximate surface area is 89.5 Å². The van der Waals surface area contributed by atoms with Crippen LogP contribution in [-0.2, 0) is 5.60 Å². The van der Waals surface area contributed by atoms with Crippen LogP contribution < -0.4 is 0 Å². The molecule has 14 heavy (non-hydrogen) atoms. The largest absolute Gasteiger partial charge is 0.385 e. The predicted molar refractivity (Wildman–Crippen MR) is 60.5 cm³/mol. The molecule has 1 saturated carbocycles. The van der Waals surface area contributed by atoms with Crippen molar-refractivity contribution in [3.8, 4) is 0 Å². The topological polar surface area (TPSA) is 20.2 Å². The van der Waals surface area contributed by atoms with Gasteiger partial charge in [0.15, 0.2) is 0 Å². The van der Waals surface area contributed by atoms with Gasteiger partial charge in [-0.2, -0.15) is 0 Å². The molecule has 2 rings (SSSR count). The summed E-state index contributed by atoms with van der Waals surface area (Å²) in [4.78, 5) is 1.20. The maximum atomic E-state index is 10.4. The van der Waals surface area contributed by atoms with Crippen molar-refractivity contribution in [3.05, 3.63) is 29.8 Å². The van der Waals surface area contributed by atoms with Gasteiger partial charge >= 0.3 is 0 Å². The summed E-state index contributed by atoms with van der Waals surface area (Å²) in [5.74, 6) is 0.468. The summed E-state index contributed by atoms with van der Waals surface area (Å²) in [6.07, 6.45) is 4.38. The quantitative estimate of drug-likeness (QED) is 0.770. The van der Waals surface area contributed by atoms with E-state index in [1.165, 1.54) is 4.90 Å². The van der Waals surface area contributed by atoms with Gasteiger partial charge in [-0.15, -0.1) is 11.8 Å². The van der Waals surface area contributed by atoms with E-state index in [2.05, 4.69) is 12.3 Å². The summed E-state index contributed by atoms with van der Waals surface area (Å²) in [5, 5.41) is 10.4. The third kappa shape index (κ3) is 1.69. The van der Waals surface area contributed by atoms with Crippen LogP contribution in [0.25, 0.3) is 0 Å². The Balaban J connectivity index is 2.38. The first-order chi connectivity index (χ1) is 6.66. The Bertz CT molecular complexity index is 329. The van der Waals surface area contributed by atoms with Crippen LogP contribution in [0.1, 0.15) is 25.3 Å². The molecule has 1 nitrogen and oxygen atoms in total. The molecule has 0 radical (unpaired) electrons. The first-order valence-corrected chi connectivity index (χ1v) is 6.24. The van der Waals surface area contributed by atoms with E-state index in [0.29, 0.717) is 5.92 Å². The van der Waals surface area contributed by atoms with Crippen molar-refractivity contribution < 1.29 is 5.11 Å². The Morgan fingerprint density at radius 1 is 1.36 bits per heavy atom. The molecule has 0 unspecified atom stereocenters. The van der Waals surface area contributed by atoms with Crippen molar-refractivity contribution >= 4 is 11.8 Å². The van der Waals surface area contributed by atoms with Crippen LogP contribution in [0.4, 0.5) is 0 Å². The third-order valence-electron chi connectivity index (χ3n) is 3.02. The van der Waals surface area contributed by atoms with E-state index >= 15 is 0 Å². The lowest BCUT2D eigenvalue weighted by Crippen LogP contribution is -2.24. The fourth-order valence-corrected chi connectivity index (χ4v) is 2.64. The first-order valence-electron chi connectivity index (χ1n) is 5.02. The van der Waals surface area contributed by atoms with Crippen LogP contribution in [0.5, 0.6) is 0 Å². The molecule has 2 heteroatoms. The summed E-state index contributed by atoms with van der Waals surface area (Å²) in [6.45, 7) is 1.94. The summed E-state index contributed by atoms with van der Waals surface area (Å²) in [5.41, 5.74) is 0.467. The minimum Gasteiger partial charge on any atom is -0.385 e. The van der Waals surface area contributed by atoms with Crippen molar-refractivity contribution in [2.24, 2.45) is 5.92 Å². The molecule has 1 aliphatic rings. The van der Waals surface area contributed by atoms with Crippen LogP contribution in [0.2, 0.25) is 0 Å². The lowest BCUT2D eigenvalue weighted by molar-refractivity contribution is 0.0304. The minimum absolute atomic E-state index is 0.468. The van der Waals surface area contributed by atoms with Crippen molar-refractivity contribution in [2.75, 3.05) is 6.26 Å². The molecule has 0 bridgehead atoms. The van der Waals surface area contributed by atoms with Gasteiger partial charge in [0, 0.05) is 4.90 Å². The lowest BCUT2D eigenvalue weighted by atomic mass is 9.91. The van der Waals surface area contributed by atoms with E-state index in [1.54, 1.807) is 11.8 Å². The highest BCUT2D eigenvalue weighted by Crippen LogP contribution is 2.47. The highest BCUT2D eigenvalue weighted by Gasteiger charge is 2.42. The van der Waals surface area contributed by atoms with Gasteiger partial charge in [-0.1, -0.05) is 18.2 Å². The van der Waals surface area contributed by atoms with E-state index in [4.69, 9.17) is 0 Å². The highest BCUT2D eigenvalue weighted by atomic mass is 32.2. The van der Waals surface area contributed by atoms with Gasteiger partial charge < -0.3 is 5.11 Å². The maximum absolute atomic E-state index is 10.4. The normalized spacial score (nSPS) is 20.5. The summed E-state index contributed by atoms with van der Waals surface area (Å²) in [6, 6.07) is 8.16. The maximum Gasteiger partial charge on any atom is 0.0907 e. The zero-order valence-electron chi connectivity index (χ0n) is 8.66. The van der Waals surface area contributed by atoms with E-state index in [1.807, 2.05) is 25.1 Å². The van der Waals surface area contributed by atoms with E-state index in [9.17, 15) is 5.11 Å². The van der Waals surface area contributed by atoms with Crippen molar-refractivity contribution in [3.63, 3.8) is 0 Å². The molecule has 0 aliphatic heterocycles. The van der Waals surface area contributed by atoms with Crippen LogP contribution in [0.15, 0.2) is 29.2 Å². The number of benzene rings is 1. The fourth-order valence-electron chi connectivity index (χ4n) is 1.93. The molecular weight excluding hydrogens is 192 g/mol. The Morgan fingerprint density at radius 3 is 2.57 bits per heavy atom. The zero-order valence-corrected chi connectivity index (χ0v) is 9.47. The second-order valence-electron chi connectivity index (χ2n) is 4.12. The summed E-state index contributed by atoms with van der Waals surface area (Å²) in [7, 11) is 0. The monoisotopic (exact) mass is 208 g/mol. The molecule has 0 saturated heterocycles. The van der Waals surface area contributed by atoms with E-state index in [-0.39, 0.29) is 0 Å². The molecule has 0 amide bonds. The SMILES string of the molecule is CSc1ccccc1[C@](C)(O)C1CC1. The number of hydrogen-bond acceptors (Lipinski definition) is 2. The number of hydrogen-bond donors (Lipinski definition) is 1. The number of rotatable bonds is 3. The molecule has 1 aliphatic carbocycles. The van der Waals surface area contributed by atoms with Gasteiger partial charge in [-0.05, 0) is 43.6 Å². The third-order valence-corrected chi connectivity index (χ3v) is 3.82. The second kappa shape index (κ2) is 3.59. The molecular formula is C12H16OS. The smallest absolute Gasteiger partial charge is 0.0907 e. The van der Waals surface area contributed by atoms with Gasteiger partial charge in [0.2, 0.25) is 0 Å². The van der Waals surface area contributed by atoms with Crippen LogP contribution >= 0.6 is 11.8 Å². The molecule has 76 valence electrons. The van der Waals surface area contributed by atoms with Crippen molar-refractivity contribution in [1.29, 1.82) is 0 Å². The zero-order chi connectivity index (χ0) is 10.2. The number of thioether (sulfide) groups is 1. The molecule has 0 aromatic heterocycles. The van der Waals surface area contributed by atoms with Crippen LogP contribution in [0, 0.1) is 5.92 Å². The standard InChI is InChI=1S/C12H16OS/c1-12(13,9-7-8-9)10-5-3-4-6-11(10)14-2/h3-6,9,13H,7-8H2,1-2H3/t12-/m1/s1. The molecule has 1 aromatic carbocycles. The van der Waals surface area contributed by atoms with Gasteiger partial charge in [0.25, 0.3) is 0 Å². The molecule has 1 atom stereocenters. The predicted octanol–water partition coefficient (Wildman–Crippen LogP) is 3.03. The minimum atomic E-state index is -0.625. The molecule has 1 N–H and O–H groups in total. The van der Waals surface area contributed by atoms with Gasteiger partial charge in [-0.3, -0.25) is 0 Å². The first kappa shape index (κ1) is 10.1. The van der Waals surface area contributed by atoms with Crippen LogP contribution in [-0.4, -0.2) is 11.4 Å². The van der Waals surface area contributed by atoms with E-state index < -0.39 is 5.60 Å². The second-order valence-corrected chi connectivity index (χ2v) is 4.97. The Morgan fingerprint density at radius 2 is 2.00 bits per heavy atom. The van der Waals surface area contributed by atoms with Crippen LogP contribution in [0.3, 0.4) is 0 Å². The van der Waals surface area contributed by atoms with Crippen molar-refractivity contribution in [1.82, 2.24) is 0 Å². The van der Waals surface area contributed by atoms with Gasteiger partial charge in [0.05, 0.1) is 5.60 Å². The van der Waals surface area contributed by atoms with Gasteiger partial charge in [-0.25, -0.2) is 0 Å². The highest BCUT2D eigenvalue weighted by molar-refractivity contribution is 7.98. The molecule has 1 fully saturated rings. The fraction of sp³-hybridized carbons (Fsp3) is 0.500. The average molecular weight is 208 g/mol.